The van der Waals surface area contributed by atoms with E-state index in [0.29, 0.717) is 5.92 Å². The van der Waals surface area contributed by atoms with Crippen LogP contribution < -0.4 is 10.2 Å². The van der Waals surface area contributed by atoms with Crippen molar-refractivity contribution >= 4 is 11.6 Å². The Labute approximate surface area is 115 Å². The fourth-order valence-electron chi connectivity index (χ4n) is 3.63. The number of hydrogen-bond acceptors (Lipinski definition) is 2. The molecule has 0 bridgehead atoms. The largest absolute Gasteiger partial charge is 0.314 e. The first-order chi connectivity index (χ1) is 9.16. The maximum absolute atomic E-state index is 12.7. The van der Waals surface area contributed by atoms with Crippen LogP contribution in [0.25, 0.3) is 0 Å². The van der Waals surface area contributed by atoms with Crippen LogP contribution in [0.15, 0.2) is 24.3 Å². The zero-order chi connectivity index (χ0) is 13.4. The van der Waals surface area contributed by atoms with Crippen LogP contribution in [0.1, 0.15) is 24.8 Å². The number of benzene rings is 1. The van der Waals surface area contributed by atoms with E-state index >= 15 is 0 Å². The van der Waals surface area contributed by atoms with Gasteiger partial charge in [0.2, 0.25) is 5.91 Å². The molecule has 3 heteroatoms. The summed E-state index contributed by atoms with van der Waals surface area (Å²) in [5, 5.41) is 3.43. The molecule has 2 fully saturated rings. The number of carbonyl (C=O) groups excluding carboxylic acids is 1. The highest BCUT2D eigenvalue weighted by molar-refractivity contribution is 5.97. The van der Waals surface area contributed by atoms with Gasteiger partial charge in [0.05, 0.1) is 6.04 Å². The highest BCUT2D eigenvalue weighted by Gasteiger charge is 2.43. The Morgan fingerprint density at radius 2 is 2.21 bits per heavy atom. The van der Waals surface area contributed by atoms with Gasteiger partial charge in [-0.3, -0.25) is 4.79 Å². The molecule has 1 heterocycles. The predicted octanol–water partition coefficient (Wildman–Crippen LogP) is 2.35. The number of nitrogens with zero attached hydrogens (tertiary/aromatic N) is 1. The molecule has 1 aliphatic heterocycles. The van der Waals surface area contributed by atoms with Crippen molar-refractivity contribution in [3.63, 3.8) is 0 Å². The number of anilines is 1. The van der Waals surface area contributed by atoms with E-state index in [1.807, 2.05) is 24.1 Å². The molecular formula is C16H22N2O. The first kappa shape index (κ1) is 12.7. The molecule has 1 saturated heterocycles. The van der Waals surface area contributed by atoms with Crippen molar-refractivity contribution in [1.82, 2.24) is 5.32 Å². The molecule has 3 atom stereocenters. The molecule has 1 saturated carbocycles. The summed E-state index contributed by atoms with van der Waals surface area (Å²) in [6.07, 6.45) is 3.78. The van der Waals surface area contributed by atoms with Gasteiger partial charge < -0.3 is 10.2 Å². The number of hydrogen-bond donors (Lipinski definition) is 1. The number of carbonyl (C=O) groups is 1. The second-order valence-electron chi connectivity index (χ2n) is 5.98. The normalized spacial score (nSPS) is 29.3. The minimum Gasteiger partial charge on any atom is -0.314 e. The van der Waals surface area contributed by atoms with Crippen molar-refractivity contribution in [3.8, 4) is 0 Å². The van der Waals surface area contributed by atoms with Crippen LogP contribution in [0.5, 0.6) is 0 Å². The molecule has 1 aliphatic carbocycles. The number of aryl methyl sites for hydroxylation is 1. The third-order valence-corrected chi connectivity index (χ3v) is 4.73. The lowest BCUT2D eigenvalue weighted by molar-refractivity contribution is -0.120. The van der Waals surface area contributed by atoms with Crippen molar-refractivity contribution in [3.05, 3.63) is 29.8 Å². The topological polar surface area (TPSA) is 32.3 Å². The fraction of sp³-hybridized carbons (Fsp3) is 0.562. The minimum absolute atomic E-state index is 0.0259. The number of likely N-dealkylation sites (N-methyl/N-ethyl adjacent to an activating group) is 1. The number of nitrogens with one attached hydrogen (secondary N) is 1. The highest BCUT2D eigenvalue weighted by atomic mass is 16.2. The van der Waals surface area contributed by atoms with Gasteiger partial charge in [0, 0.05) is 12.7 Å². The van der Waals surface area contributed by atoms with Crippen LogP contribution >= 0.6 is 0 Å². The van der Waals surface area contributed by atoms with Gasteiger partial charge in [-0.05, 0) is 55.8 Å². The van der Waals surface area contributed by atoms with E-state index in [1.54, 1.807) is 0 Å². The molecule has 19 heavy (non-hydrogen) atoms. The Kier molecular flexibility index (Phi) is 3.31. The first-order valence-corrected chi connectivity index (χ1v) is 7.24. The number of fused-ring (bicyclic) bond motifs is 1. The molecule has 1 aromatic rings. The molecule has 3 nitrogen and oxygen atoms in total. The first-order valence-electron chi connectivity index (χ1n) is 7.24. The van der Waals surface area contributed by atoms with Gasteiger partial charge in [0.1, 0.15) is 0 Å². The highest BCUT2D eigenvalue weighted by Crippen LogP contribution is 2.38. The van der Waals surface area contributed by atoms with Crippen molar-refractivity contribution in [2.24, 2.45) is 11.8 Å². The summed E-state index contributed by atoms with van der Waals surface area (Å²) in [5.41, 5.74) is 2.18. The van der Waals surface area contributed by atoms with Gasteiger partial charge >= 0.3 is 0 Å². The molecule has 1 amide bonds. The Morgan fingerprint density at radius 1 is 1.37 bits per heavy atom. The molecule has 1 N–H and O–H groups in total. The summed E-state index contributed by atoms with van der Waals surface area (Å²) in [4.78, 5) is 14.5. The van der Waals surface area contributed by atoms with Crippen molar-refractivity contribution < 1.29 is 4.79 Å². The lowest BCUT2D eigenvalue weighted by atomic mass is 9.93. The minimum atomic E-state index is 0.0259. The summed E-state index contributed by atoms with van der Waals surface area (Å²) in [7, 11) is 1.89. The Bertz CT molecular complexity index is 485. The molecule has 0 radical (unpaired) electrons. The summed E-state index contributed by atoms with van der Waals surface area (Å²) in [6.45, 7) is 3.07. The van der Waals surface area contributed by atoms with Gasteiger partial charge in [0.25, 0.3) is 0 Å². The zero-order valence-corrected chi connectivity index (χ0v) is 11.7. The summed E-state index contributed by atoms with van der Waals surface area (Å²) in [6, 6.07) is 8.17. The molecule has 1 aromatic carbocycles. The standard InChI is InChI=1S/C16H22N2O/c1-11-5-3-7-13(9-11)18(2)16(19)15-14-8-4-6-12(14)10-17-15/h3,5,7,9,12,14-15,17H,4,6,8,10H2,1-2H3/t12-,14-,15+/m1/s1. The van der Waals surface area contributed by atoms with Crippen LogP contribution in [-0.2, 0) is 4.79 Å². The summed E-state index contributed by atoms with van der Waals surface area (Å²) >= 11 is 0. The van der Waals surface area contributed by atoms with E-state index in [9.17, 15) is 4.79 Å². The predicted molar refractivity (Wildman–Crippen MR) is 77.2 cm³/mol. The zero-order valence-electron chi connectivity index (χ0n) is 11.7. The quantitative estimate of drug-likeness (QED) is 0.883. The monoisotopic (exact) mass is 258 g/mol. The molecule has 2 aliphatic rings. The van der Waals surface area contributed by atoms with E-state index in [2.05, 4.69) is 24.4 Å². The Balaban J connectivity index is 1.76. The lowest BCUT2D eigenvalue weighted by Gasteiger charge is -2.25. The van der Waals surface area contributed by atoms with Gasteiger partial charge in [-0.2, -0.15) is 0 Å². The summed E-state index contributed by atoms with van der Waals surface area (Å²) in [5.74, 6) is 1.50. The van der Waals surface area contributed by atoms with E-state index in [4.69, 9.17) is 0 Å². The van der Waals surface area contributed by atoms with Crippen molar-refractivity contribution in [2.45, 2.75) is 32.2 Å². The number of rotatable bonds is 2. The SMILES string of the molecule is Cc1cccc(N(C)C(=O)[C@H]2NC[C@H]3CCC[C@H]32)c1. The van der Waals surface area contributed by atoms with Gasteiger partial charge in [-0.15, -0.1) is 0 Å². The van der Waals surface area contributed by atoms with Crippen molar-refractivity contribution in [2.75, 3.05) is 18.5 Å². The van der Waals surface area contributed by atoms with Crippen LogP contribution in [0.4, 0.5) is 5.69 Å². The van der Waals surface area contributed by atoms with E-state index in [1.165, 1.54) is 24.8 Å². The molecule has 0 spiro atoms. The average molecular weight is 258 g/mol. The Morgan fingerprint density at radius 3 is 3.00 bits per heavy atom. The van der Waals surface area contributed by atoms with Crippen LogP contribution in [-0.4, -0.2) is 25.5 Å². The molecule has 102 valence electrons. The second-order valence-corrected chi connectivity index (χ2v) is 5.98. The van der Waals surface area contributed by atoms with E-state index in [0.717, 1.165) is 18.2 Å². The molecule has 0 unspecified atom stereocenters. The molecule has 0 aromatic heterocycles. The van der Waals surface area contributed by atoms with Crippen LogP contribution in [0, 0.1) is 18.8 Å². The van der Waals surface area contributed by atoms with Crippen molar-refractivity contribution in [1.29, 1.82) is 0 Å². The second kappa shape index (κ2) is 4.97. The van der Waals surface area contributed by atoms with E-state index in [-0.39, 0.29) is 11.9 Å². The number of amides is 1. The Hall–Kier alpha value is -1.35. The average Bonchev–Trinajstić information content (AvgIpc) is 2.99. The van der Waals surface area contributed by atoms with Crippen LogP contribution in [0.2, 0.25) is 0 Å². The smallest absolute Gasteiger partial charge is 0.244 e. The van der Waals surface area contributed by atoms with Gasteiger partial charge in [0.15, 0.2) is 0 Å². The van der Waals surface area contributed by atoms with Gasteiger partial charge in [-0.25, -0.2) is 0 Å². The lowest BCUT2D eigenvalue weighted by Crippen LogP contribution is -2.44. The van der Waals surface area contributed by atoms with E-state index < -0.39 is 0 Å². The third-order valence-electron chi connectivity index (χ3n) is 4.73. The summed E-state index contributed by atoms with van der Waals surface area (Å²) < 4.78 is 0. The van der Waals surface area contributed by atoms with Gasteiger partial charge in [-0.1, -0.05) is 18.6 Å². The maximum Gasteiger partial charge on any atom is 0.244 e. The van der Waals surface area contributed by atoms with Crippen LogP contribution in [0.3, 0.4) is 0 Å². The molecular weight excluding hydrogens is 236 g/mol. The fourth-order valence-corrected chi connectivity index (χ4v) is 3.63. The third kappa shape index (κ3) is 2.27. The maximum atomic E-state index is 12.7. The molecule has 3 rings (SSSR count).